The van der Waals surface area contributed by atoms with Crippen LogP contribution in [0.25, 0.3) is 21.8 Å². The van der Waals surface area contributed by atoms with E-state index in [1.807, 2.05) is 12.1 Å². The van der Waals surface area contributed by atoms with Gasteiger partial charge in [0.05, 0.1) is 15.9 Å². The van der Waals surface area contributed by atoms with Crippen LogP contribution in [0.3, 0.4) is 0 Å². The van der Waals surface area contributed by atoms with Crippen LogP contribution in [0.1, 0.15) is 10.4 Å². The lowest BCUT2D eigenvalue weighted by Gasteiger charge is -2.09. The van der Waals surface area contributed by atoms with Crippen LogP contribution < -0.4 is 0 Å². The van der Waals surface area contributed by atoms with E-state index in [-0.39, 0.29) is 4.90 Å². The fraction of sp³-hybridized carbons (Fsp3) is 0. The number of carbonyl (C=O) groups is 1. The average Bonchev–Trinajstić information content (AvgIpc) is 2.97. The summed E-state index contributed by atoms with van der Waals surface area (Å²) in [5, 5.41) is 1.40. The van der Waals surface area contributed by atoms with Crippen molar-refractivity contribution in [2.24, 2.45) is 0 Å². The molecule has 118 valence electrons. The molecule has 0 spiro atoms. The largest absolute Gasteiger partial charge is 0.298 e. The molecule has 0 atom stereocenters. The van der Waals surface area contributed by atoms with Gasteiger partial charge < -0.3 is 0 Å². The summed E-state index contributed by atoms with van der Waals surface area (Å²) in [4.78, 5) is 11.6. The van der Waals surface area contributed by atoms with E-state index in [1.165, 1.54) is 3.97 Å². The molecule has 0 N–H and O–H groups in total. The van der Waals surface area contributed by atoms with Crippen molar-refractivity contribution in [3.63, 3.8) is 0 Å². The second kappa shape index (κ2) is 5.32. The van der Waals surface area contributed by atoms with Crippen molar-refractivity contribution in [2.45, 2.75) is 4.90 Å². The third-order valence-electron chi connectivity index (χ3n) is 4.09. The van der Waals surface area contributed by atoms with E-state index in [0.717, 1.165) is 11.7 Å². The molecule has 0 fully saturated rings. The Bertz CT molecular complexity index is 1180. The number of rotatable bonds is 3. The minimum absolute atomic E-state index is 0.212. The third-order valence-corrected chi connectivity index (χ3v) is 5.84. The molecule has 0 bridgehead atoms. The second-order valence-corrected chi connectivity index (χ2v) is 7.25. The lowest BCUT2D eigenvalue weighted by Crippen LogP contribution is -2.12. The van der Waals surface area contributed by atoms with E-state index < -0.39 is 10.0 Å². The van der Waals surface area contributed by atoms with Gasteiger partial charge in [-0.25, -0.2) is 12.4 Å². The number of hydrogen-bond acceptors (Lipinski definition) is 3. The van der Waals surface area contributed by atoms with E-state index in [2.05, 4.69) is 0 Å². The Morgan fingerprint density at radius 3 is 2.17 bits per heavy atom. The molecule has 4 rings (SSSR count). The van der Waals surface area contributed by atoms with Crippen LogP contribution in [0, 0.1) is 0 Å². The van der Waals surface area contributed by atoms with E-state index in [0.29, 0.717) is 22.0 Å². The van der Waals surface area contributed by atoms with Crippen LogP contribution in [-0.2, 0) is 10.0 Å². The standard InChI is InChI=1S/C19H13NO3S/c21-13-14-7-6-12-18-19(14)16-10-4-5-11-17(16)20(18)24(22,23)15-8-2-1-3-9-15/h1-13H. The van der Waals surface area contributed by atoms with Crippen LogP contribution in [0.15, 0.2) is 77.7 Å². The average molecular weight is 335 g/mol. The van der Waals surface area contributed by atoms with Crippen LogP contribution in [0.4, 0.5) is 0 Å². The van der Waals surface area contributed by atoms with Gasteiger partial charge in [0.2, 0.25) is 0 Å². The number of benzene rings is 3. The van der Waals surface area contributed by atoms with Crippen LogP contribution in [-0.4, -0.2) is 18.7 Å². The maximum absolute atomic E-state index is 13.2. The molecule has 0 aliphatic heterocycles. The first kappa shape index (κ1) is 14.7. The molecule has 24 heavy (non-hydrogen) atoms. The lowest BCUT2D eigenvalue weighted by molar-refractivity contribution is 0.112. The number of hydrogen-bond donors (Lipinski definition) is 0. The van der Waals surface area contributed by atoms with Gasteiger partial charge in [-0.05, 0) is 24.3 Å². The molecule has 0 saturated carbocycles. The summed E-state index contributed by atoms with van der Waals surface area (Å²) in [5.41, 5.74) is 1.54. The first-order valence-electron chi connectivity index (χ1n) is 7.42. The Balaban J connectivity index is 2.22. The topological polar surface area (TPSA) is 56.1 Å². The maximum Gasteiger partial charge on any atom is 0.268 e. The van der Waals surface area contributed by atoms with Crippen molar-refractivity contribution in [2.75, 3.05) is 0 Å². The quantitative estimate of drug-likeness (QED) is 0.535. The summed E-state index contributed by atoms with van der Waals surface area (Å²) in [6.07, 6.45) is 0.758. The molecule has 4 aromatic rings. The van der Waals surface area contributed by atoms with Crippen LogP contribution in [0.2, 0.25) is 0 Å². The van der Waals surface area contributed by atoms with Gasteiger partial charge in [0, 0.05) is 16.3 Å². The molecule has 0 unspecified atom stereocenters. The van der Waals surface area contributed by atoms with Crippen molar-refractivity contribution in [1.82, 2.24) is 3.97 Å². The summed E-state index contributed by atoms with van der Waals surface area (Å²) >= 11 is 0. The minimum Gasteiger partial charge on any atom is -0.298 e. The van der Waals surface area contributed by atoms with Crippen molar-refractivity contribution in [1.29, 1.82) is 0 Å². The zero-order valence-electron chi connectivity index (χ0n) is 12.6. The van der Waals surface area contributed by atoms with Crippen LogP contribution in [0.5, 0.6) is 0 Å². The molecule has 5 heteroatoms. The number of aldehydes is 1. The first-order chi connectivity index (χ1) is 11.6. The Hall–Kier alpha value is -2.92. The van der Waals surface area contributed by atoms with Gasteiger partial charge in [0.15, 0.2) is 6.29 Å². The monoisotopic (exact) mass is 335 g/mol. The molecule has 0 saturated heterocycles. The molecular weight excluding hydrogens is 322 g/mol. The Labute approximate surface area is 139 Å². The normalized spacial score (nSPS) is 11.8. The van der Waals surface area contributed by atoms with Gasteiger partial charge in [-0.3, -0.25) is 4.79 Å². The molecule has 0 aliphatic carbocycles. The highest BCUT2D eigenvalue weighted by Gasteiger charge is 2.23. The zero-order chi connectivity index (χ0) is 16.7. The fourth-order valence-corrected chi connectivity index (χ4v) is 4.61. The first-order valence-corrected chi connectivity index (χ1v) is 8.86. The highest BCUT2D eigenvalue weighted by molar-refractivity contribution is 7.90. The number of para-hydroxylation sites is 1. The van der Waals surface area contributed by atoms with E-state index in [9.17, 15) is 13.2 Å². The Morgan fingerprint density at radius 2 is 1.42 bits per heavy atom. The molecule has 0 radical (unpaired) electrons. The van der Waals surface area contributed by atoms with Gasteiger partial charge in [-0.1, -0.05) is 48.5 Å². The smallest absolute Gasteiger partial charge is 0.268 e. The van der Waals surface area contributed by atoms with Crippen LogP contribution >= 0.6 is 0 Å². The second-order valence-electron chi connectivity index (χ2n) is 5.46. The van der Waals surface area contributed by atoms with Crippen molar-refractivity contribution < 1.29 is 13.2 Å². The van der Waals surface area contributed by atoms with Gasteiger partial charge in [0.1, 0.15) is 0 Å². The predicted octanol–water partition coefficient (Wildman–Crippen LogP) is 3.84. The molecule has 3 aromatic carbocycles. The minimum atomic E-state index is -3.77. The fourth-order valence-electron chi connectivity index (χ4n) is 3.07. The summed E-state index contributed by atoms with van der Waals surface area (Å²) < 4.78 is 27.7. The molecule has 4 nitrogen and oxygen atoms in total. The summed E-state index contributed by atoms with van der Waals surface area (Å²) in [6, 6.07) is 20.6. The van der Waals surface area contributed by atoms with E-state index >= 15 is 0 Å². The van der Waals surface area contributed by atoms with E-state index in [4.69, 9.17) is 0 Å². The molecule has 0 amide bonds. The van der Waals surface area contributed by atoms with Crippen molar-refractivity contribution >= 4 is 38.1 Å². The SMILES string of the molecule is O=Cc1cccc2c1c1ccccc1n2S(=O)(=O)c1ccccc1. The summed E-state index contributed by atoms with van der Waals surface area (Å²) in [5.74, 6) is 0. The number of aromatic nitrogens is 1. The van der Waals surface area contributed by atoms with Gasteiger partial charge in [0.25, 0.3) is 10.0 Å². The third kappa shape index (κ3) is 1.98. The van der Waals surface area contributed by atoms with Gasteiger partial charge in [-0.15, -0.1) is 0 Å². The van der Waals surface area contributed by atoms with Crippen molar-refractivity contribution in [3.05, 3.63) is 78.4 Å². The Morgan fingerprint density at radius 1 is 0.750 bits per heavy atom. The van der Waals surface area contributed by atoms with Crippen molar-refractivity contribution in [3.8, 4) is 0 Å². The van der Waals surface area contributed by atoms with Gasteiger partial charge >= 0.3 is 0 Å². The predicted molar refractivity (Wildman–Crippen MR) is 93.9 cm³/mol. The maximum atomic E-state index is 13.2. The number of nitrogens with zero attached hydrogens (tertiary/aromatic N) is 1. The molecule has 1 aromatic heterocycles. The molecule has 1 heterocycles. The Kier molecular flexibility index (Phi) is 3.25. The lowest BCUT2D eigenvalue weighted by atomic mass is 10.1. The highest BCUT2D eigenvalue weighted by atomic mass is 32.2. The number of carbonyl (C=O) groups excluding carboxylic acids is 1. The molecule has 0 aliphatic rings. The van der Waals surface area contributed by atoms with Gasteiger partial charge in [-0.2, -0.15) is 0 Å². The highest BCUT2D eigenvalue weighted by Crippen LogP contribution is 2.33. The summed E-state index contributed by atoms with van der Waals surface area (Å²) in [6.45, 7) is 0. The number of fused-ring (bicyclic) bond motifs is 3. The summed E-state index contributed by atoms with van der Waals surface area (Å²) in [7, 11) is -3.77. The zero-order valence-corrected chi connectivity index (χ0v) is 13.4. The molecular formula is C19H13NO3S. The van der Waals surface area contributed by atoms with E-state index in [1.54, 1.807) is 60.7 Å².